The topological polar surface area (TPSA) is 94.2 Å². The molecule has 37 heavy (non-hydrogen) atoms. The number of anilines is 2. The predicted octanol–water partition coefficient (Wildman–Crippen LogP) is 3.13. The summed E-state index contributed by atoms with van der Waals surface area (Å²) < 4.78 is 48.5. The van der Waals surface area contributed by atoms with Gasteiger partial charge in [-0.1, -0.05) is 0 Å². The van der Waals surface area contributed by atoms with Gasteiger partial charge >= 0.3 is 6.18 Å². The molecule has 3 aliphatic rings. The molecule has 3 aliphatic heterocycles. The van der Waals surface area contributed by atoms with E-state index in [1.54, 1.807) is 22.5 Å². The van der Waals surface area contributed by atoms with Gasteiger partial charge in [0.05, 0.1) is 6.20 Å². The molecule has 3 aromatic heterocycles. The fourth-order valence-corrected chi connectivity index (χ4v) is 5.82. The molecule has 0 aliphatic carbocycles. The van der Waals surface area contributed by atoms with Crippen LogP contribution >= 0.6 is 0 Å². The number of alkyl halides is 3. The van der Waals surface area contributed by atoms with Crippen molar-refractivity contribution in [3.8, 4) is 0 Å². The van der Waals surface area contributed by atoms with Crippen LogP contribution in [0.2, 0.25) is 0 Å². The Balaban J connectivity index is 1.20. The van der Waals surface area contributed by atoms with E-state index in [1.807, 2.05) is 4.90 Å². The van der Waals surface area contributed by atoms with E-state index >= 15 is 0 Å². The second kappa shape index (κ2) is 8.96. The predicted molar refractivity (Wildman–Crippen MR) is 129 cm³/mol. The van der Waals surface area contributed by atoms with Crippen molar-refractivity contribution in [3.63, 3.8) is 0 Å². The maximum Gasteiger partial charge on any atom is 0.433 e. The Labute approximate surface area is 211 Å². The van der Waals surface area contributed by atoms with Gasteiger partial charge in [-0.05, 0) is 50.0 Å². The van der Waals surface area contributed by atoms with Crippen LogP contribution in [0, 0.1) is 5.41 Å². The molecular formula is C24H29F3N8O2. The van der Waals surface area contributed by atoms with E-state index in [0.717, 1.165) is 44.6 Å². The Morgan fingerprint density at radius 3 is 2.54 bits per heavy atom. The number of rotatable bonds is 3. The van der Waals surface area contributed by atoms with Gasteiger partial charge in [-0.3, -0.25) is 9.36 Å². The van der Waals surface area contributed by atoms with Crippen molar-refractivity contribution in [2.45, 2.75) is 50.9 Å². The first-order valence-electron chi connectivity index (χ1n) is 12.7. The monoisotopic (exact) mass is 518 g/mol. The number of aromatic nitrogens is 6. The highest BCUT2D eigenvalue weighted by molar-refractivity contribution is 5.75. The van der Waals surface area contributed by atoms with Crippen molar-refractivity contribution in [2.24, 2.45) is 12.5 Å². The van der Waals surface area contributed by atoms with Crippen LogP contribution in [-0.4, -0.2) is 62.1 Å². The maximum absolute atomic E-state index is 13.1. The van der Waals surface area contributed by atoms with Crippen molar-refractivity contribution in [3.05, 3.63) is 34.5 Å². The molecule has 10 nitrogen and oxygen atoms in total. The quantitative estimate of drug-likeness (QED) is 0.522. The van der Waals surface area contributed by atoms with E-state index in [-0.39, 0.29) is 23.2 Å². The lowest BCUT2D eigenvalue weighted by molar-refractivity contribution is -0.141. The van der Waals surface area contributed by atoms with Gasteiger partial charge < -0.3 is 14.5 Å². The molecule has 1 spiro atoms. The Kier molecular flexibility index (Phi) is 5.85. The van der Waals surface area contributed by atoms with Gasteiger partial charge in [0.2, 0.25) is 11.9 Å². The average Bonchev–Trinajstić information content (AvgIpc) is 3.52. The van der Waals surface area contributed by atoms with Crippen LogP contribution in [0.1, 0.15) is 50.4 Å². The van der Waals surface area contributed by atoms with Crippen molar-refractivity contribution < 1.29 is 17.9 Å². The van der Waals surface area contributed by atoms with Crippen LogP contribution in [0.15, 0.2) is 23.3 Å². The van der Waals surface area contributed by atoms with E-state index in [2.05, 4.69) is 20.0 Å². The summed E-state index contributed by atoms with van der Waals surface area (Å²) in [6, 6.07) is 0.897. The highest BCUT2D eigenvalue weighted by atomic mass is 19.4. The Morgan fingerprint density at radius 2 is 1.84 bits per heavy atom. The molecule has 0 N–H and O–H groups in total. The molecule has 0 amide bonds. The van der Waals surface area contributed by atoms with Crippen LogP contribution < -0.4 is 15.4 Å². The number of ether oxygens (including phenoxy) is 1. The summed E-state index contributed by atoms with van der Waals surface area (Å²) in [5, 5.41) is 4.91. The van der Waals surface area contributed by atoms with Crippen LogP contribution in [0.3, 0.4) is 0 Å². The second-order valence-corrected chi connectivity index (χ2v) is 10.3. The minimum absolute atomic E-state index is 0.0330. The Morgan fingerprint density at radius 1 is 1.08 bits per heavy atom. The molecule has 1 atom stereocenters. The van der Waals surface area contributed by atoms with Crippen LogP contribution in [0.4, 0.5) is 25.1 Å². The number of piperidine rings is 1. The minimum atomic E-state index is -4.50. The molecule has 0 saturated carbocycles. The summed E-state index contributed by atoms with van der Waals surface area (Å²) in [5.41, 5.74) is -0.557. The largest absolute Gasteiger partial charge is 0.433 e. The van der Waals surface area contributed by atoms with Gasteiger partial charge in [0.15, 0.2) is 11.9 Å². The lowest BCUT2D eigenvalue weighted by Crippen LogP contribution is -2.44. The molecule has 3 saturated heterocycles. The van der Waals surface area contributed by atoms with Crippen LogP contribution in [0.25, 0.3) is 11.0 Å². The number of halogens is 3. The minimum Gasteiger partial charge on any atom is -0.356 e. The molecule has 1 unspecified atom stereocenters. The zero-order chi connectivity index (χ0) is 25.8. The molecule has 3 fully saturated rings. The summed E-state index contributed by atoms with van der Waals surface area (Å²) in [6.07, 6.45) is 3.45. The third-order valence-electron chi connectivity index (χ3n) is 8.00. The SMILES string of the molecule is Cn1c(N2CCC3(CCN(c4nccc(C(F)(F)F)n4)C3)CC2)nc2c(cnn2C2CCCCO2)c1=O. The van der Waals surface area contributed by atoms with Crippen LogP contribution in [0.5, 0.6) is 0 Å². The van der Waals surface area contributed by atoms with E-state index in [4.69, 9.17) is 9.72 Å². The van der Waals surface area contributed by atoms with Gasteiger partial charge in [0.1, 0.15) is 11.1 Å². The number of nitrogens with zero attached hydrogens (tertiary/aromatic N) is 8. The zero-order valence-electron chi connectivity index (χ0n) is 20.6. The second-order valence-electron chi connectivity index (χ2n) is 10.3. The summed E-state index contributed by atoms with van der Waals surface area (Å²) in [4.78, 5) is 29.9. The summed E-state index contributed by atoms with van der Waals surface area (Å²) in [7, 11) is 1.73. The van der Waals surface area contributed by atoms with Crippen molar-refractivity contribution in [1.82, 2.24) is 29.3 Å². The molecular weight excluding hydrogens is 489 g/mol. The molecule has 3 aromatic rings. The standard InChI is InChI=1S/C24H29F3N8O2/c1-32-20(36)16-14-29-35(18-4-2-3-13-37-18)19(16)31-22(32)33-10-6-23(7-11-33)8-12-34(15-23)21-28-9-5-17(30-21)24(25,26)27/h5,9,14,18H,2-4,6-8,10-13,15H2,1H3. The van der Waals surface area contributed by atoms with Crippen molar-refractivity contribution in [1.29, 1.82) is 0 Å². The van der Waals surface area contributed by atoms with Gasteiger partial charge in [-0.25, -0.2) is 14.6 Å². The first-order chi connectivity index (χ1) is 17.7. The zero-order valence-corrected chi connectivity index (χ0v) is 20.6. The van der Waals surface area contributed by atoms with Crippen molar-refractivity contribution >= 4 is 22.9 Å². The smallest absolute Gasteiger partial charge is 0.356 e. The van der Waals surface area contributed by atoms with E-state index in [9.17, 15) is 18.0 Å². The number of hydrogen-bond donors (Lipinski definition) is 0. The van der Waals surface area contributed by atoms with E-state index < -0.39 is 11.9 Å². The third-order valence-corrected chi connectivity index (χ3v) is 8.00. The van der Waals surface area contributed by atoms with Crippen LogP contribution in [-0.2, 0) is 18.0 Å². The molecule has 13 heteroatoms. The van der Waals surface area contributed by atoms with E-state index in [1.165, 1.54) is 6.20 Å². The lowest BCUT2D eigenvalue weighted by atomic mass is 9.78. The molecule has 0 bridgehead atoms. The molecule has 198 valence electrons. The lowest BCUT2D eigenvalue weighted by Gasteiger charge is -2.40. The van der Waals surface area contributed by atoms with Gasteiger partial charge in [0, 0.05) is 46.0 Å². The molecule has 6 heterocycles. The van der Waals surface area contributed by atoms with Gasteiger partial charge in [0.25, 0.3) is 5.56 Å². The normalized spacial score (nSPS) is 22.3. The van der Waals surface area contributed by atoms with Gasteiger partial charge in [-0.15, -0.1) is 0 Å². The maximum atomic E-state index is 13.1. The summed E-state index contributed by atoms with van der Waals surface area (Å²) >= 11 is 0. The Hall–Kier alpha value is -3.22. The fourth-order valence-electron chi connectivity index (χ4n) is 5.82. The number of fused-ring (bicyclic) bond motifs is 1. The van der Waals surface area contributed by atoms with Crippen molar-refractivity contribution in [2.75, 3.05) is 42.6 Å². The molecule has 0 radical (unpaired) electrons. The summed E-state index contributed by atoms with van der Waals surface area (Å²) in [6.45, 7) is 3.28. The van der Waals surface area contributed by atoms with E-state index in [0.29, 0.717) is 49.8 Å². The highest BCUT2D eigenvalue weighted by Crippen LogP contribution is 2.42. The van der Waals surface area contributed by atoms with Gasteiger partial charge in [-0.2, -0.15) is 23.3 Å². The first kappa shape index (κ1) is 24.1. The summed E-state index contributed by atoms with van der Waals surface area (Å²) in [5.74, 6) is 0.725. The third kappa shape index (κ3) is 4.32. The Bertz CT molecular complexity index is 1360. The fraction of sp³-hybridized carbons (Fsp3) is 0.625. The molecule has 6 rings (SSSR count). The first-order valence-corrected chi connectivity index (χ1v) is 12.7. The average molecular weight is 519 g/mol. The number of hydrogen-bond acceptors (Lipinski definition) is 8. The highest BCUT2D eigenvalue weighted by Gasteiger charge is 2.42. The molecule has 0 aromatic carbocycles.